The van der Waals surface area contributed by atoms with E-state index in [9.17, 15) is 18.0 Å². The summed E-state index contributed by atoms with van der Waals surface area (Å²) >= 11 is 0. The molecule has 2 aromatic rings. The van der Waals surface area contributed by atoms with Crippen molar-refractivity contribution >= 4 is 23.0 Å². The summed E-state index contributed by atoms with van der Waals surface area (Å²) < 4.78 is 43.8. The molecule has 2 fully saturated rings. The van der Waals surface area contributed by atoms with E-state index in [4.69, 9.17) is 10.5 Å². The van der Waals surface area contributed by atoms with Gasteiger partial charge in [-0.05, 0) is 42.5 Å². The molecule has 0 aromatic heterocycles. The van der Waals surface area contributed by atoms with Gasteiger partial charge in [0.2, 0.25) is 0 Å². The molecule has 2 aliphatic rings. The van der Waals surface area contributed by atoms with Gasteiger partial charge in [0.1, 0.15) is 0 Å². The summed E-state index contributed by atoms with van der Waals surface area (Å²) in [7, 11) is 0. The van der Waals surface area contributed by atoms with E-state index in [1.165, 1.54) is 12.1 Å². The van der Waals surface area contributed by atoms with Crippen LogP contribution in [0.1, 0.15) is 15.9 Å². The molecule has 2 aliphatic heterocycles. The van der Waals surface area contributed by atoms with E-state index in [1.54, 1.807) is 17.0 Å². The summed E-state index contributed by atoms with van der Waals surface area (Å²) in [6, 6.07) is 10.5. The van der Waals surface area contributed by atoms with Crippen molar-refractivity contribution in [2.75, 3.05) is 68.0 Å². The van der Waals surface area contributed by atoms with Crippen molar-refractivity contribution in [3.8, 4) is 0 Å². The van der Waals surface area contributed by atoms with Gasteiger partial charge in [0, 0.05) is 56.3 Å². The number of amides is 1. The highest BCUT2D eigenvalue weighted by molar-refractivity contribution is 6.01. The first-order valence-electron chi connectivity index (χ1n) is 10.3. The number of nitrogens with zero attached hydrogens (tertiary/aromatic N) is 3. The molecule has 0 spiro atoms. The fourth-order valence-electron chi connectivity index (χ4n) is 4.00. The van der Waals surface area contributed by atoms with E-state index in [2.05, 4.69) is 4.90 Å². The summed E-state index contributed by atoms with van der Waals surface area (Å²) in [4.78, 5) is 19.2. The average molecular weight is 434 g/mol. The molecule has 0 radical (unpaired) electrons. The third kappa shape index (κ3) is 4.71. The molecule has 31 heavy (non-hydrogen) atoms. The van der Waals surface area contributed by atoms with Crippen LogP contribution in [0.25, 0.3) is 0 Å². The molecule has 166 valence electrons. The highest BCUT2D eigenvalue weighted by Gasteiger charge is 2.31. The summed E-state index contributed by atoms with van der Waals surface area (Å²) in [5.74, 6) is -0.0825. The smallest absolute Gasteiger partial charge is 0.399 e. The van der Waals surface area contributed by atoms with Crippen LogP contribution >= 0.6 is 0 Å². The Bertz CT molecular complexity index is 919. The largest absolute Gasteiger partial charge is 0.416 e. The lowest BCUT2D eigenvalue weighted by atomic mass is 10.1. The minimum absolute atomic E-state index is 0.0825. The van der Waals surface area contributed by atoms with E-state index in [0.29, 0.717) is 63.7 Å². The molecule has 1 amide bonds. The molecular weight excluding hydrogens is 409 g/mol. The number of rotatable bonds is 3. The van der Waals surface area contributed by atoms with Crippen LogP contribution in [0, 0.1) is 0 Å². The molecule has 4 rings (SSSR count). The summed E-state index contributed by atoms with van der Waals surface area (Å²) in [6.07, 6.45) is -4.35. The Morgan fingerprint density at radius 2 is 1.52 bits per heavy atom. The first-order chi connectivity index (χ1) is 14.8. The van der Waals surface area contributed by atoms with Crippen LogP contribution in [0.4, 0.5) is 30.2 Å². The molecule has 0 bridgehead atoms. The van der Waals surface area contributed by atoms with Crippen LogP contribution in [0.5, 0.6) is 0 Å². The number of nitrogens with two attached hydrogens (primary N) is 1. The topological polar surface area (TPSA) is 62.0 Å². The molecule has 2 aromatic carbocycles. The Morgan fingerprint density at radius 3 is 2.13 bits per heavy atom. The Kier molecular flexibility index (Phi) is 5.95. The normalized spacial score (nSPS) is 17.7. The number of alkyl halides is 3. The number of nitrogen functional groups attached to an aromatic ring is 1. The number of morpholine rings is 1. The van der Waals surface area contributed by atoms with E-state index in [0.717, 1.165) is 23.5 Å². The summed E-state index contributed by atoms with van der Waals surface area (Å²) in [5.41, 5.74) is 7.98. The summed E-state index contributed by atoms with van der Waals surface area (Å²) in [6.45, 7) is 4.72. The monoisotopic (exact) mass is 434 g/mol. The number of halogens is 3. The third-order valence-corrected chi connectivity index (χ3v) is 5.73. The Hall–Kier alpha value is -2.94. The second kappa shape index (κ2) is 8.66. The number of carbonyl (C=O) groups is 1. The second-order valence-corrected chi connectivity index (χ2v) is 7.70. The van der Waals surface area contributed by atoms with Crippen molar-refractivity contribution in [1.29, 1.82) is 0 Å². The lowest BCUT2D eigenvalue weighted by Crippen LogP contribution is -2.49. The zero-order valence-electron chi connectivity index (χ0n) is 17.1. The number of benzene rings is 2. The fourth-order valence-corrected chi connectivity index (χ4v) is 4.00. The molecule has 2 N–H and O–H groups in total. The van der Waals surface area contributed by atoms with Crippen molar-refractivity contribution in [3.63, 3.8) is 0 Å². The standard InChI is InChI=1S/C22H25F3N4O2/c23-22(24,25)16-1-4-18(5-2-16)27-7-9-29(10-8-27)21(30)19-15-17(26)3-6-20(19)28-11-13-31-14-12-28/h1-6,15H,7-14,26H2. The summed E-state index contributed by atoms with van der Waals surface area (Å²) in [5, 5.41) is 0. The zero-order valence-corrected chi connectivity index (χ0v) is 17.1. The van der Waals surface area contributed by atoms with Crippen molar-refractivity contribution in [2.45, 2.75) is 6.18 Å². The van der Waals surface area contributed by atoms with Gasteiger partial charge in [0.15, 0.2) is 0 Å². The number of ether oxygens (including phenoxy) is 1. The van der Waals surface area contributed by atoms with Crippen molar-refractivity contribution < 1.29 is 22.7 Å². The van der Waals surface area contributed by atoms with Gasteiger partial charge in [-0.3, -0.25) is 4.79 Å². The number of carbonyl (C=O) groups excluding carboxylic acids is 1. The molecule has 0 unspecified atom stereocenters. The minimum Gasteiger partial charge on any atom is -0.399 e. The average Bonchev–Trinajstić information content (AvgIpc) is 2.79. The van der Waals surface area contributed by atoms with Crippen LogP contribution < -0.4 is 15.5 Å². The first-order valence-corrected chi connectivity index (χ1v) is 10.3. The lowest BCUT2D eigenvalue weighted by Gasteiger charge is -2.37. The van der Waals surface area contributed by atoms with E-state index >= 15 is 0 Å². The fraction of sp³-hybridized carbons (Fsp3) is 0.409. The maximum Gasteiger partial charge on any atom is 0.416 e. The Labute approximate surface area is 179 Å². The van der Waals surface area contributed by atoms with Gasteiger partial charge in [-0.1, -0.05) is 0 Å². The SMILES string of the molecule is Nc1ccc(N2CCOCC2)c(C(=O)N2CCN(c3ccc(C(F)(F)F)cc3)CC2)c1. The second-order valence-electron chi connectivity index (χ2n) is 7.70. The van der Waals surface area contributed by atoms with Gasteiger partial charge in [-0.2, -0.15) is 13.2 Å². The quantitative estimate of drug-likeness (QED) is 0.753. The molecule has 0 saturated carbocycles. The lowest BCUT2D eigenvalue weighted by molar-refractivity contribution is -0.137. The van der Waals surface area contributed by atoms with Crippen LogP contribution in [-0.4, -0.2) is 63.3 Å². The van der Waals surface area contributed by atoms with E-state index in [-0.39, 0.29) is 5.91 Å². The third-order valence-electron chi connectivity index (χ3n) is 5.73. The minimum atomic E-state index is -4.35. The Balaban J connectivity index is 1.44. The molecule has 0 aliphatic carbocycles. The molecule has 6 nitrogen and oxygen atoms in total. The van der Waals surface area contributed by atoms with Gasteiger partial charge < -0.3 is 25.2 Å². The highest BCUT2D eigenvalue weighted by Crippen LogP contribution is 2.31. The predicted molar refractivity (Wildman–Crippen MR) is 113 cm³/mol. The van der Waals surface area contributed by atoms with Crippen LogP contribution in [-0.2, 0) is 10.9 Å². The number of hydrogen-bond acceptors (Lipinski definition) is 5. The molecule has 9 heteroatoms. The van der Waals surface area contributed by atoms with Crippen LogP contribution in [0.3, 0.4) is 0 Å². The Morgan fingerprint density at radius 1 is 0.871 bits per heavy atom. The van der Waals surface area contributed by atoms with Crippen LogP contribution in [0.2, 0.25) is 0 Å². The van der Waals surface area contributed by atoms with Crippen LogP contribution in [0.15, 0.2) is 42.5 Å². The first kappa shape index (κ1) is 21.3. The number of piperazine rings is 1. The van der Waals surface area contributed by atoms with E-state index < -0.39 is 11.7 Å². The highest BCUT2D eigenvalue weighted by atomic mass is 19.4. The van der Waals surface area contributed by atoms with Gasteiger partial charge in [0.25, 0.3) is 5.91 Å². The van der Waals surface area contributed by atoms with E-state index in [1.807, 2.05) is 11.0 Å². The molecule has 2 heterocycles. The predicted octanol–water partition coefficient (Wildman–Crippen LogP) is 3.09. The van der Waals surface area contributed by atoms with Crippen molar-refractivity contribution in [2.24, 2.45) is 0 Å². The zero-order chi connectivity index (χ0) is 22.0. The van der Waals surface area contributed by atoms with Gasteiger partial charge in [-0.25, -0.2) is 0 Å². The maximum atomic E-state index is 13.3. The molecule has 2 saturated heterocycles. The van der Waals surface area contributed by atoms with Gasteiger partial charge in [0.05, 0.1) is 24.3 Å². The van der Waals surface area contributed by atoms with Crippen molar-refractivity contribution in [3.05, 3.63) is 53.6 Å². The van der Waals surface area contributed by atoms with Gasteiger partial charge in [-0.15, -0.1) is 0 Å². The number of anilines is 3. The van der Waals surface area contributed by atoms with Gasteiger partial charge >= 0.3 is 6.18 Å². The number of hydrogen-bond donors (Lipinski definition) is 1. The maximum absolute atomic E-state index is 13.3. The molecular formula is C22H25F3N4O2. The van der Waals surface area contributed by atoms with Crippen molar-refractivity contribution in [1.82, 2.24) is 4.90 Å². The molecule has 0 atom stereocenters.